The molecule has 0 aliphatic rings. The van der Waals surface area contributed by atoms with Gasteiger partial charge in [0.05, 0.1) is 11.2 Å². The van der Waals surface area contributed by atoms with E-state index in [0.29, 0.717) is 27.0 Å². The van der Waals surface area contributed by atoms with E-state index >= 15 is 0 Å². The first kappa shape index (κ1) is 23.5. The molecule has 6 nitrogen and oxygen atoms in total. The summed E-state index contributed by atoms with van der Waals surface area (Å²) in [6.07, 6.45) is 2.40. The van der Waals surface area contributed by atoms with Gasteiger partial charge in [0, 0.05) is 10.1 Å². The van der Waals surface area contributed by atoms with Gasteiger partial charge in [-0.25, -0.2) is 10.2 Å². The van der Waals surface area contributed by atoms with Gasteiger partial charge in [-0.2, -0.15) is 5.10 Å². The molecular weight excluding hydrogens is 472 g/mol. The number of aryl methyl sites for hydroxylation is 1. The highest BCUT2D eigenvalue weighted by Crippen LogP contribution is 2.35. The highest BCUT2D eigenvalue weighted by Gasteiger charge is 2.19. The average Bonchev–Trinajstić information content (AvgIpc) is 3.20. The summed E-state index contributed by atoms with van der Waals surface area (Å²) in [5, 5.41) is 5.14. The Bertz CT molecular complexity index is 1350. The molecule has 0 saturated carbocycles. The van der Waals surface area contributed by atoms with Crippen molar-refractivity contribution in [2.24, 2.45) is 5.10 Å². The van der Waals surface area contributed by atoms with Gasteiger partial charge in [-0.1, -0.05) is 61.0 Å². The largest absolute Gasteiger partial charge is 0.484 e. The van der Waals surface area contributed by atoms with Crippen LogP contribution in [-0.4, -0.2) is 24.7 Å². The summed E-state index contributed by atoms with van der Waals surface area (Å²) in [7, 11) is 0. The number of rotatable bonds is 8. The fourth-order valence-corrected chi connectivity index (χ4v) is 4.52. The van der Waals surface area contributed by atoms with Crippen molar-refractivity contribution >= 4 is 51.1 Å². The smallest absolute Gasteiger partial charge is 0.355 e. The number of carbonyl (C=O) groups excluding carboxylic acids is 2. The van der Waals surface area contributed by atoms with E-state index in [1.165, 1.54) is 23.1 Å². The van der Waals surface area contributed by atoms with Crippen LogP contribution >= 0.6 is 22.9 Å². The lowest BCUT2D eigenvalue weighted by Gasteiger charge is -2.06. The summed E-state index contributed by atoms with van der Waals surface area (Å²) < 4.78 is 11.9. The van der Waals surface area contributed by atoms with E-state index < -0.39 is 11.9 Å². The van der Waals surface area contributed by atoms with Crippen LogP contribution in [0.2, 0.25) is 5.02 Å². The number of amides is 1. The number of fused-ring (bicyclic) bond motifs is 1. The van der Waals surface area contributed by atoms with Crippen LogP contribution in [0.25, 0.3) is 10.1 Å². The standard InChI is InChI=1S/C26H21ClN2O4S/c1-2-17-10-12-19(13-11-17)32-16-23(30)29-28-15-18-6-5-7-20(14-18)33-26(31)25-24(27)21-8-3-4-9-22(21)34-25/h3-15H,2,16H2,1H3,(H,29,30)/b28-15+. The van der Waals surface area contributed by atoms with Gasteiger partial charge in [0.25, 0.3) is 5.91 Å². The number of carbonyl (C=O) groups is 2. The molecule has 172 valence electrons. The fraction of sp³-hybridized carbons (Fsp3) is 0.115. The number of nitrogens with one attached hydrogen (secondary N) is 1. The van der Waals surface area contributed by atoms with Gasteiger partial charge < -0.3 is 9.47 Å². The predicted octanol–water partition coefficient (Wildman–Crippen LogP) is 5.87. The van der Waals surface area contributed by atoms with Crippen LogP contribution in [0.3, 0.4) is 0 Å². The number of thiophene rings is 1. The maximum atomic E-state index is 12.6. The molecule has 0 unspecified atom stereocenters. The topological polar surface area (TPSA) is 77.0 Å². The molecule has 1 aromatic heterocycles. The molecule has 1 N–H and O–H groups in total. The van der Waals surface area contributed by atoms with E-state index in [2.05, 4.69) is 17.5 Å². The number of hydrogen-bond donors (Lipinski definition) is 1. The molecule has 4 aromatic rings. The van der Waals surface area contributed by atoms with E-state index in [-0.39, 0.29) is 6.61 Å². The molecule has 3 aromatic carbocycles. The Labute approximate surface area is 205 Å². The molecule has 0 spiro atoms. The fourth-order valence-electron chi connectivity index (χ4n) is 3.14. The molecule has 0 fully saturated rings. The normalized spacial score (nSPS) is 11.0. The highest BCUT2D eigenvalue weighted by atomic mass is 35.5. The third-order valence-corrected chi connectivity index (χ3v) is 6.55. The van der Waals surface area contributed by atoms with Gasteiger partial charge in [-0.3, -0.25) is 4.79 Å². The predicted molar refractivity (Wildman–Crippen MR) is 135 cm³/mol. The Morgan fingerprint density at radius 1 is 1.03 bits per heavy atom. The van der Waals surface area contributed by atoms with Crippen LogP contribution in [0.1, 0.15) is 27.7 Å². The summed E-state index contributed by atoms with van der Waals surface area (Å²) in [6.45, 7) is 1.92. The second-order valence-corrected chi connectivity index (χ2v) is 8.71. The minimum Gasteiger partial charge on any atom is -0.484 e. The molecule has 0 atom stereocenters. The van der Waals surface area contributed by atoms with Crippen LogP contribution in [0.5, 0.6) is 11.5 Å². The van der Waals surface area contributed by atoms with Gasteiger partial charge >= 0.3 is 5.97 Å². The second kappa shape index (κ2) is 11.0. The zero-order valence-electron chi connectivity index (χ0n) is 18.3. The molecule has 0 bridgehead atoms. The molecule has 0 aliphatic carbocycles. The molecule has 0 aliphatic heterocycles. The Kier molecular flexibility index (Phi) is 7.57. The van der Waals surface area contributed by atoms with Gasteiger partial charge in [0.15, 0.2) is 6.61 Å². The molecule has 0 saturated heterocycles. The summed E-state index contributed by atoms with van der Waals surface area (Å²) in [4.78, 5) is 25.0. The average molecular weight is 493 g/mol. The number of hydrogen-bond acceptors (Lipinski definition) is 6. The molecule has 34 heavy (non-hydrogen) atoms. The minimum absolute atomic E-state index is 0.156. The maximum absolute atomic E-state index is 12.6. The van der Waals surface area contributed by atoms with E-state index in [9.17, 15) is 9.59 Å². The monoisotopic (exact) mass is 492 g/mol. The zero-order chi connectivity index (χ0) is 23.9. The van der Waals surface area contributed by atoms with Gasteiger partial charge in [-0.05, 0) is 47.9 Å². The molecule has 0 radical (unpaired) electrons. The number of hydrazone groups is 1. The summed E-state index contributed by atoms with van der Waals surface area (Å²) >= 11 is 7.65. The number of benzene rings is 3. The number of nitrogens with zero attached hydrogens (tertiary/aromatic N) is 1. The van der Waals surface area contributed by atoms with E-state index in [0.717, 1.165) is 16.5 Å². The third-order valence-electron chi connectivity index (χ3n) is 4.89. The first-order chi connectivity index (χ1) is 16.5. The van der Waals surface area contributed by atoms with E-state index in [1.807, 2.05) is 48.5 Å². The Morgan fingerprint density at radius 3 is 2.59 bits per heavy atom. The van der Waals surface area contributed by atoms with E-state index in [4.69, 9.17) is 21.1 Å². The molecular formula is C26H21ClN2O4S. The van der Waals surface area contributed by atoms with Crippen molar-refractivity contribution in [2.45, 2.75) is 13.3 Å². The quantitative estimate of drug-likeness (QED) is 0.144. The Hall–Kier alpha value is -3.68. The number of halogens is 1. The zero-order valence-corrected chi connectivity index (χ0v) is 19.9. The van der Waals surface area contributed by atoms with E-state index in [1.54, 1.807) is 24.3 Å². The van der Waals surface area contributed by atoms with Crippen LogP contribution in [0, 0.1) is 0 Å². The van der Waals surface area contributed by atoms with Gasteiger partial charge in [0.2, 0.25) is 0 Å². The van der Waals surface area contributed by atoms with Crippen molar-refractivity contribution in [1.29, 1.82) is 0 Å². The molecule has 1 heterocycles. The van der Waals surface area contributed by atoms with Crippen LogP contribution in [0.15, 0.2) is 77.9 Å². The van der Waals surface area contributed by atoms with Crippen molar-refractivity contribution in [2.75, 3.05) is 6.61 Å². The number of esters is 1. The lowest BCUT2D eigenvalue weighted by Crippen LogP contribution is -2.24. The first-order valence-corrected chi connectivity index (χ1v) is 11.8. The van der Waals surface area contributed by atoms with Crippen LogP contribution in [-0.2, 0) is 11.2 Å². The van der Waals surface area contributed by atoms with Crippen molar-refractivity contribution < 1.29 is 19.1 Å². The van der Waals surface area contributed by atoms with Crippen molar-refractivity contribution in [3.63, 3.8) is 0 Å². The van der Waals surface area contributed by atoms with Crippen LogP contribution < -0.4 is 14.9 Å². The van der Waals surface area contributed by atoms with Crippen molar-refractivity contribution in [3.8, 4) is 11.5 Å². The number of ether oxygens (including phenoxy) is 2. The lowest BCUT2D eigenvalue weighted by molar-refractivity contribution is -0.123. The maximum Gasteiger partial charge on any atom is 0.355 e. The first-order valence-electron chi connectivity index (χ1n) is 10.6. The van der Waals surface area contributed by atoms with Gasteiger partial charge in [-0.15, -0.1) is 11.3 Å². The summed E-state index contributed by atoms with van der Waals surface area (Å²) in [5.41, 5.74) is 4.25. The van der Waals surface area contributed by atoms with Crippen molar-refractivity contribution in [3.05, 3.63) is 93.8 Å². The molecule has 8 heteroatoms. The Balaban J connectivity index is 1.32. The summed E-state index contributed by atoms with van der Waals surface area (Å²) in [6, 6.07) is 21.9. The molecule has 1 amide bonds. The van der Waals surface area contributed by atoms with Gasteiger partial charge in [0.1, 0.15) is 16.4 Å². The minimum atomic E-state index is -0.530. The Morgan fingerprint density at radius 2 is 1.82 bits per heavy atom. The second-order valence-electron chi connectivity index (χ2n) is 7.28. The summed E-state index contributed by atoms with van der Waals surface area (Å²) in [5.74, 6) is 0.0350. The third kappa shape index (κ3) is 5.81. The molecule has 4 rings (SSSR count). The SMILES string of the molecule is CCc1ccc(OCC(=O)N/N=C/c2cccc(OC(=O)c3sc4ccccc4c3Cl)c2)cc1. The highest BCUT2D eigenvalue weighted by molar-refractivity contribution is 7.21. The van der Waals surface area contributed by atoms with Crippen molar-refractivity contribution in [1.82, 2.24) is 5.43 Å². The lowest BCUT2D eigenvalue weighted by atomic mass is 10.2. The van der Waals surface area contributed by atoms with Crippen LogP contribution in [0.4, 0.5) is 0 Å².